The van der Waals surface area contributed by atoms with E-state index in [1.165, 1.54) is 0 Å². The number of nitrogens with one attached hydrogen (secondary N) is 1. The van der Waals surface area contributed by atoms with Crippen molar-refractivity contribution < 1.29 is 4.79 Å². The molecule has 0 bridgehead atoms. The lowest BCUT2D eigenvalue weighted by atomic mass is 10.2. The lowest BCUT2D eigenvalue weighted by molar-refractivity contribution is -0.118. The second kappa shape index (κ2) is 8.20. The van der Waals surface area contributed by atoms with Crippen molar-refractivity contribution in [1.82, 2.24) is 10.3 Å². The number of nitrogens with zero attached hydrogens (tertiary/aromatic N) is 2. The molecule has 0 spiro atoms. The van der Waals surface area contributed by atoms with Crippen LogP contribution in [0.5, 0.6) is 0 Å². The van der Waals surface area contributed by atoms with Crippen molar-refractivity contribution >= 4 is 17.7 Å². The number of benzene rings is 1. The molecule has 0 aliphatic heterocycles. The topological polar surface area (TPSA) is 65.8 Å². The number of hydrogen-bond acceptors (Lipinski definition) is 4. The van der Waals surface area contributed by atoms with Gasteiger partial charge in [-0.3, -0.25) is 9.78 Å². The molecule has 0 saturated heterocycles. The summed E-state index contributed by atoms with van der Waals surface area (Å²) in [5, 5.41) is 11.6. The van der Waals surface area contributed by atoms with Crippen molar-refractivity contribution in [1.29, 1.82) is 5.26 Å². The number of thioether (sulfide) groups is 1. The van der Waals surface area contributed by atoms with Crippen LogP contribution in [0.3, 0.4) is 0 Å². The van der Waals surface area contributed by atoms with E-state index in [1.807, 2.05) is 37.3 Å². The molecule has 1 N–H and O–H groups in total. The monoisotopic (exact) mass is 311 g/mol. The minimum atomic E-state index is 0.00181. The first-order valence-electron chi connectivity index (χ1n) is 6.93. The summed E-state index contributed by atoms with van der Waals surface area (Å²) in [6, 6.07) is 15.3. The van der Waals surface area contributed by atoms with E-state index >= 15 is 0 Å². The van der Waals surface area contributed by atoms with E-state index in [0.717, 1.165) is 22.7 Å². The van der Waals surface area contributed by atoms with Crippen LogP contribution in [0.1, 0.15) is 22.5 Å². The molecule has 0 saturated carbocycles. The maximum absolute atomic E-state index is 11.8. The Hall–Kier alpha value is -2.32. The second-order valence-electron chi connectivity index (χ2n) is 4.85. The van der Waals surface area contributed by atoms with Gasteiger partial charge < -0.3 is 5.32 Å². The third kappa shape index (κ3) is 5.23. The smallest absolute Gasteiger partial charge is 0.230 e. The first-order chi connectivity index (χ1) is 10.7. The predicted molar refractivity (Wildman–Crippen MR) is 88.1 cm³/mol. The second-order valence-corrected chi connectivity index (χ2v) is 5.83. The van der Waals surface area contributed by atoms with E-state index in [4.69, 9.17) is 5.26 Å². The summed E-state index contributed by atoms with van der Waals surface area (Å²) >= 11 is 1.55. The maximum atomic E-state index is 11.8. The molecule has 0 atom stereocenters. The van der Waals surface area contributed by atoms with Gasteiger partial charge in [0.1, 0.15) is 0 Å². The molecule has 5 heteroatoms. The molecule has 0 aliphatic rings. The van der Waals surface area contributed by atoms with Crippen LogP contribution in [-0.2, 0) is 17.1 Å². The molecule has 1 aromatic heterocycles. The first kappa shape index (κ1) is 16.1. The highest BCUT2D eigenvalue weighted by molar-refractivity contribution is 7.99. The van der Waals surface area contributed by atoms with E-state index in [9.17, 15) is 4.79 Å². The number of amides is 1. The zero-order chi connectivity index (χ0) is 15.8. The molecule has 1 aromatic carbocycles. The van der Waals surface area contributed by atoms with Crippen molar-refractivity contribution in [3.05, 3.63) is 65.0 Å². The van der Waals surface area contributed by atoms with Gasteiger partial charge in [0, 0.05) is 11.4 Å². The molecular weight excluding hydrogens is 294 g/mol. The molecule has 0 unspecified atom stereocenters. The van der Waals surface area contributed by atoms with Gasteiger partial charge >= 0.3 is 0 Å². The van der Waals surface area contributed by atoms with Crippen LogP contribution < -0.4 is 5.32 Å². The van der Waals surface area contributed by atoms with Gasteiger partial charge in [-0.2, -0.15) is 5.26 Å². The van der Waals surface area contributed by atoms with E-state index in [2.05, 4.69) is 16.4 Å². The molecule has 2 rings (SSSR count). The van der Waals surface area contributed by atoms with E-state index in [-0.39, 0.29) is 5.91 Å². The number of carbonyl (C=O) groups excluding carboxylic acids is 1. The zero-order valence-electron chi connectivity index (χ0n) is 12.4. The van der Waals surface area contributed by atoms with Crippen molar-refractivity contribution in [3.8, 4) is 6.07 Å². The van der Waals surface area contributed by atoms with Crippen LogP contribution in [0.25, 0.3) is 0 Å². The van der Waals surface area contributed by atoms with Gasteiger partial charge in [-0.15, -0.1) is 11.8 Å². The van der Waals surface area contributed by atoms with E-state index in [0.29, 0.717) is 17.9 Å². The highest BCUT2D eigenvalue weighted by atomic mass is 32.2. The minimum absolute atomic E-state index is 0.00181. The molecule has 4 nitrogen and oxygen atoms in total. The Kier molecular flexibility index (Phi) is 5.99. The van der Waals surface area contributed by atoms with Crippen molar-refractivity contribution in [3.63, 3.8) is 0 Å². The Balaban J connectivity index is 1.70. The quantitative estimate of drug-likeness (QED) is 0.891. The largest absolute Gasteiger partial charge is 0.350 e. The number of rotatable bonds is 6. The Morgan fingerprint density at radius 1 is 1.27 bits per heavy atom. The van der Waals surface area contributed by atoms with Crippen LogP contribution in [0.4, 0.5) is 0 Å². The Labute approximate surface area is 134 Å². The summed E-state index contributed by atoms with van der Waals surface area (Å²) in [5.74, 6) is 1.16. The minimum Gasteiger partial charge on any atom is -0.350 e. The molecule has 1 amide bonds. The van der Waals surface area contributed by atoms with Crippen LogP contribution in [0.2, 0.25) is 0 Å². The highest BCUT2D eigenvalue weighted by Gasteiger charge is 2.03. The zero-order valence-corrected chi connectivity index (χ0v) is 13.2. The van der Waals surface area contributed by atoms with Gasteiger partial charge in [0.15, 0.2) is 0 Å². The number of aryl methyl sites for hydroxylation is 1. The van der Waals surface area contributed by atoms with Gasteiger partial charge in [0.05, 0.1) is 29.6 Å². The van der Waals surface area contributed by atoms with Gasteiger partial charge in [-0.1, -0.05) is 18.2 Å². The summed E-state index contributed by atoms with van der Waals surface area (Å²) in [6.45, 7) is 2.39. The van der Waals surface area contributed by atoms with Gasteiger partial charge in [0.25, 0.3) is 0 Å². The summed E-state index contributed by atoms with van der Waals surface area (Å²) in [6.07, 6.45) is 0. The van der Waals surface area contributed by atoms with Crippen molar-refractivity contribution in [2.45, 2.75) is 19.2 Å². The van der Waals surface area contributed by atoms with Crippen LogP contribution in [-0.4, -0.2) is 16.6 Å². The maximum Gasteiger partial charge on any atom is 0.230 e. The third-order valence-corrected chi connectivity index (χ3v) is 4.00. The summed E-state index contributed by atoms with van der Waals surface area (Å²) in [4.78, 5) is 16.1. The summed E-state index contributed by atoms with van der Waals surface area (Å²) in [7, 11) is 0. The number of nitriles is 1. The van der Waals surface area contributed by atoms with Crippen LogP contribution in [0, 0.1) is 18.3 Å². The number of aromatic nitrogens is 1. The Morgan fingerprint density at radius 2 is 2.05 bits per heavy atom. The lowest BCUT2D eigenvalue weighted by Gasteiger charge is -2.05. The van der Waals surface area contributed by atoms with Crippen LogP contribution in [0.15, 0.2) is 42.5 Å². The molecule has 0 fully saturated rings. The molecule has 2 aromatic rings. The molecule has 1 heterocycles. The van der Waals surface area contributed by atoms with Gasteiger partial charge in [0.2, 0.25) is 5.91 Å². The lowest BCUT2D eigenvalue weighted by Crippen LogP contribution is -2.25. The average molecular weight is 311 g/mol. The van der Waals surface area contributed by atoms with Crippen LogP contribution >= 0.6 is 11.8 Å². The fraction of sp³-hybridized carbons (Fsp3) is 0.235. The van der Waals surface area contributed by atoms with Gasteiger partial charge in [-0.25, -0.2) is 0 Å². The number of hydrogen-bond donors (Lipinski definition) is 1. The SMILES string of the molecule is Cc1cccc(CNC(=O)CSCc2ccc(C#N)cc2)n1. The van der Waals surface area contributed by atoms with Crippen molar-refractivity contribution in [2.75, 3.05) is 5.75 Å². The fourth-order valence-corrected chi connectivity index (χ4v) is 2.69. The Morgan fingerprint density at radius 3 is 2.73 bits per heavy atom. The average Bonchev–Trinajstić information content (AvgIpc) is 2.54. The predicted octanol–water partition coefficient (Wildman–Crippen LogP) is 2.81. The molecule has 22 heavy (non-hydrogen) atoms. The normalized spacial score (nSPS) is 10.0. The number of carbonyl (C=O) groups is 1. The molecular formula is C17H17N3OS. The highest BCUT2D eigenvalue weighted by Crippen LogP contribution is 2.12. The van der Waals surface area contributed by atoms with Crippen molar-refractivity contribution in [2.24, 2.45) is 0 Å². The van der Waals surface area contributed by atoms with E-state index < -0.39 is 0 Å². The fourth-order valence-electron chi connectivity index (χ4n) is 1.88. The molecule has 112 valence electrons. The summed E-state index contributed by atoms with van der Waals surface area (Å²) < 4.78 is 0. The third-order valence-electron chi connectivity index (χ3n) is 3.00. The van der Waals surface area contributed by atoms with Gasteiger partial charge in [-0.05, 0) is 36.8 Å². The molecule has 0 aliphatic carbocycles. The Bertz CT molecular complexity index is 677. The first-order valence-corrected chi connectivity index (χ1v) is 8.09. The standard InChI is InChI=1S/C17H17N3OS/c1-13-3-2-4-16(20-13)10-19-17(21)12-22-11-15-7-5-14(9-18)6-8-15/h2-8H,10-12H2,1H3,(H,19,21). The summed E-state index contributed by atoms with van der Waals surface area (Å²) in [5.41, 5.74) is 3.57. The van der Waals surface area contributed by atoms with E-state index in [1.54, 1.807) is 23.9 Å². The number of pyridine rings is 1. The molecule has 0 radical (unpaired) electrons.